The van der Waals surface area contributed by atoms with Gasteiger partial charge in [0.25, 0.3) is 0 Å². The summed E-state index contributed by atoms with van der Waals surface area (Å²) in [6, 6.07) is 16.0. The molecule has 0 bridgehead atoms. The lowest BCUT2D eigenvalue weighted by atomic mass is 9.93. The lowest BCUT2D eigenvalue weighted by Gasteiger charge is -2.38. The van der Waals surface area contributed by atoms with Crippen LogP contribution in [-0.2, 0) is 23.0 Å². The first-order valence-corrected chi connectivity index (χ1v) is 14.1. The molecule has 0 saturated carbocycles. The lowest BCUT2D eigenvalue weighted by Crippen LogP contribution is -2.46. The topological polar surface area (TPSA) is 80.5 Å². The third-order valence-electron chi connectivity index (χ3n) is 7.55. The van der Waals surface area contributed by atoms with Crippen LogP contribution in [0.2, 0.25) is 5.02 Å². The summed E-state index contributed by atoms with van der Waals surface area (Å²) < 4.78 is 8.17. The Bertz CT molecular complexity index is 1700. The van der Waals surface area contributed by atoms with Crippen molar-refractivity contribution in [2.75, 3.05) is 33.4 Å². The van der Waals surface area contributed by atoms with Gasteiger partial charge in [0.15, 0.2) is 0 Å². The number of methoxy groups -OCH3 is 1. The maximum Gasteiger partial charge on any atom is 0.307 e. The minimum absolute atomic E-state index is 0.0548. The molecule has 200 valence electrons. The summed E-state index contributed by atoms with van der Waals surface area (Å²) in [5, 5.41) is 17.3. The molecule has 2 aromatic heterocycles. The molecule has 1 N–H and O–H groups in total. The van der Waals surface area contributed by atoms with Gasteiger partial charge in [-0.05, 0) is 60.0 Å². The second-order valence-electron chi connectivity index (χ2n) is 10.2. The first kappa shape index (κ1) is 26.0. The molecule has 3 aromatic carbocycles. The lowest BCUT2D eigenvalue weighted by molar-refractivity contribution is -0.136. The third-order valence-corrected chi connectivity index (χ3v) is 8.94. The smallest absolute Gasteiger partial charge is 0.307 e. The number of rotatable bonds is 8. The number of benzene rings is 3. The third kappa shape index (κ3) is 4.82. The van der Waals surface area contributed by atoms with E-state index in [2.05, 4.69) is 23.1 Å². The highest BCUT2D eigenvalue weighted by Crippen LogP contribution is 2.42. The fourth-order valence-electron chi connectivity index (χ4n) is 5.53. The SMILES string of the molecule is COCCN1CC(c2nn(C)c3ccc(-c4nc5cc(C)c(CC(=O)O)c(-c6ccc(Cl)cc6)c5s4)cc23)C1. The fraction of sp³-hybridized carbons (Fsp3) is 0.300. The molecule has 1 aliphatic rings. The van der Waals surface area contributed by atoms with Crippen molar-refractivity contribution in [3.8, 4) is 21.7 Å². The summed E-state index contributed by atoms with van der Waals surface area (Å²) in [6.07, 6.45) is -0.0548. The summed E-state index contributed by atoms with van der Waals surface area (Å²) >= 11 is 7.77. The minimum atomic E-state index is -0.858. The quantitative estimate of drug-likeness (QED) is 0.245. The van der Waals surface area contributed by atoms with Crippen molar-refractivity contribution in [2.45, 2.75) is 19.3 Å². The van der Waals surface area contributed by atoms with Crippen LogP contribution in [-0.4, -0.2) is 64.1 Å². The van der Waals surface area contributed by atoms with Crippen molar-refractivity contribution in [1.82, 2.24) is 19.7 Å². The second kappa shape index (κ2) is 10.4. The van der Waals surface area contributed by atoms with Gasteiger partial charge in [-0.2, -0.15) is 5.10 Å². The number of carboxylic acids is 1. The zero-order chi connectivity index (χ0) is 27.3. The van der Waals surface area contributed by atoms with Crippen LogP contribution in [0.4, 0.5) is 0 Å². The van der Waals surface area contributed by atoms with Crippen LogP contribution < -0.4 is 0 Å². The Morgan fingerprint density at radius 1 is 1.15 bits per heavy atom. The normalized spacial score (nSPS) is 14.4. The highest BCUT2D eigenvalue weighted by molar-refractivity contribution is 7.22. The molecule has 3 heterocycles. The Labute approximate surface area is 235 Å². The number of likely N-dealkylation sites (tertiary alicyclic amines) is 1. The number of carboxylic acid groups (broad SMARTS) is 1. The summed E-state index contributed by atoms with van der Waals surface area (Å²) in [5.74, 6) is -0.461. The summed E-state index contributed by atoms with van der Waals surface area (Å²) in [7, 11) is 3.73. The van der Waals surface area contributed by atoms with Gasteiger partial charge >= 0.3 is 5.97 Å². The molecule has 0 aliphatic carbocycles. The number of aromatic nitrogens is 3. The van der Waals surface area contributed by atoms with Crippen molar-refractivity contribution in [3.05, 3.63) is 70.4 Å². The molecular weight excluding hydrogens is 532 g/mol. The Morgan fingerprint density at radius 2 is 1.90 bits per heavy atom. The van der Waals surface area contributed by atoms with Crippen LogP contribution in [0.5, 0.6) is 0 Å². The van der Waals surface area contributed by atoms with Crippen LogP contribution in [0.25, 0.3) is 42.8 Å². The Balaban J connectivity index is 1.44. The molecule has 1 aliphatic heterocycles. The molecule has 0 spiro atoms. The average molecular weight is 561 g/mol. The van der Waals surface area contributed by atoms with Gasteiger partial charge in [0.05, 0.1) is 34.5 Å². The highest BCUT2D eigenvalue weighted by atomic mass is 35.5. The predicted octanol–water partition coefficient (Wildman–Crippen LogP) is 6.15. The van der Waals surface area contributed by atoms with E-state index in [4.69, 9.17) is 26.4 Å². The van der Waals surface area contributed by atoms with Gasteiger partial charge in [0.2, 0.25) is 0 Å². The van der Waals surface area contributed by atoms with Gasteiger partial charge < -0.3 is 9.84 Å². The number of aryl methyl sites for hydroxylation is 2. The van der Waals surface area contributed by atoms with Crippen molar-refractivity contribution >= 4 is 50.0 Å². The molecule has 1 saturated heterocycles. The fourth-order valence-corrected chi connectivity index (χ4v) is 6.79. The number of halogens is 1. The number of aliphatic carboxylic acids is 1. The molecule has 5 aromatic rings. The maximum atomic E-state index is 11.8. The van der Waals surface area contributed by atoms with Crippen LogP contribution >= 0.6 is 22.9 Å². The van der Waals surface area contributed by atoms with Crippen molar-refractivity contribution in [3.63, 3.8) is 0 Å². The van der Waals surface area contributed by atoms with Gasteiger partial charge in [-0.15, -0.1) is 11.3 Å². The van der Waals surface area contributed by atoms with Crippen LogP contribution in [0.1, 0.15) is 22.7 Å². The molecule has 7 nitrogen and oxygen atoms in total. The molecular formula is C30H29ClN4O3S. The Hall–Kier alpha value is -3.30. The zero-order valence-electron chi connectivity index (χ0n) is 22.1. The number of thiazole rings is 1. The Kier molecular flexibility index (Phi) is 6.89. The van der Waals surface area contributed by atoms with Crippen LogP contribution in [0.3, 0.4) is 0 Å². The summed E-state index contributed by atoms with van der Waals surface area (Å²) in [4.78, 5) is 19.2. The standard InChI is InChI=1S/C30H29ClN4O3S/c1-17-12-24-29(27(22(17)14-26(36)37)18-4-7-21(31)8-5-18)39-30(32-24)19-6-9-25-23(13-19)28(33-34(25)2)20-15-35(16-20)10-11-38-3/h4-9,12-13,20H,10-11,14-16H2,1-3H3,(H,36,37). The number of carbonyl (C=O) groups is 1. The minimum Gasteiger partial charge on any atom is -0.481 e. The highest BCUT2D eigenvalue weighted by Gasteiger charge is 2.31. The molecule has 0 amide bonds. The van der Waals surface area contributed by atoms with Crippen molar-refractivity contribution < 1.29 is 14.6 Å². The first-order valence-electron chi connectivity index (χ1n) is 12.9. The molecule has 39 heavy (non-hydrogen) atoms. The Morgan fingerprint density at radius 3 is 2.62 bits per heavy atom. The van der Waals surface area contributed by atoms with E-state index in [-0.39, 0.29) is 6.42 Å². The molecule has 0 radical (unpaired) electrons. The monoisotopic (exact) mass is 560 g/mol. The van der Waals surface area contributed by atoms with Gasteiger partial charge in [0, 0.05) is 61.2 Å². The molecule has 6 rings (SSSR count). The second-order valence-corrected chi connectivity index (χ2v) is 11.6. The van der Waals surface area contributed by atoms with E-state index in [9.17, 15) is 9.90 Å². The van der Waals surface area contributed by atoms with Crippen molar-refractivity contribution in [1.29, 1.82) is 0 Å². The largest absolute Gasteiger partial charge is 0.481 e. The zero-order valence-corrected chi connectivity index (χ0v) is 23.6. The van der Waals surface area contributed by atoms with E-state index < -0.39 is 5.97 Å². The molecule has 1 fully saturated rings. The van der Waals surface area contributed by atoms with Crippen LogP contribution in [0, 0.1) is 6.92 Å². The van der Waals surface area contributed by atoms with Gasteiger partial charge in [-0.1, -0.05) is 23.7 Å². The molecule has 0 unspecified atom stereocenters. The van der Waals surface area contributed by atoms with E-state index in [0.717, 1.165) is 85.9 Å². The van der Waals surface area contributed by atoms with E-state index in [1.165, 1.54) is 0 Å². The summed E-state index contributed by atoms with van der Waals surface area (Å²) in [5.41, 5.74) is 7.71. The molecule has 9 heteroatoms. The number of fused-ring (bicyclic) bond motifs is 2. The van der Waals surface area contributed by atoms with E-state index in [0.29, 0.717) is 10.9 Å². The summed E-state index contributed by atoms with van der Waals surface area (Å²) in [6.45, 7) is 5.60. The van der Waals surface area contributed by atoms with E-state index in [1.54, 1.807) is 18.4 Å². The molecule has 0 atom stereocenters. The van der Waals surface area contributed by atoms with Gasteiger partial charge in [0.1, 0.15) is 5.01 Å². The number of ether oxygens (including phenoxy) is 1. The number of hydrogen-bond donors (Lipinski definition) is 1. The predicted molar refractivity (Wildman–Crippen MR) is 157 cm³/mol. The van der Waals surface area contributed by atoms with E-state index >= 15 is 0 Å². The van der Waals surface area contributed by atoms with Crippen LogP contribution in [0.15, 0.2) is 48.5 Å². The number of hydrogen-bond acceptors (Lipinski definition) is 6. The average Bonchev–Trinajstić information content (AvgIpc) is 3.45. The number of nitrogens with zero attached hydrogens (tertiary/aromatic N) is 4. The first-order chi connectivity index (χ1) is 18.8. The van der Waals surface area contributed by atoms with E-state index in [1.807, 2.05) is 49.0 Å². The van der Waals surface area contributed by atoms with Crippen molar-refractivity contribution in [2.24, 2.45) is 7.05 Å². The van der Waals surface area contributed by atoms with Gasteiger partial charge in [-0.25, -0.2) is 4.98 Å². The van der Waals surface area contributed by atoms with Gasteiger partial charge in [-0.3, -0.25) is 14.4 Å². The maximum absolute atomic E-state index is 11.8.